The molecule has 0 saturated carbocycles. The van der Waals surface area contributed by atoms with Crippen molar-refractivity contribution in [2.45, 2.75) is 252 Å². The first kappa shape index (κ1) is 70.1. The van der Waals surface area contributed by atoms with Crippen LogP contribution in [0.1, 0.15) is 240 Å². The quantitative estimate of drug-likeness (QED) is 0.0269. The van der Waals surface area contributed by atoms with E-state index in [-0.39, 0.29) is 36.3 Å². The minimum atomic E-state index is -0.371. The second kappa shape index (κ2) is 54.5. The first-order valence-electron chi connectivity index (χ1n) is 30.9. The summed E-state index contributed by atoms with van der Waals surface area (Å²) in [6.45, 7) is 18.2. The summed E-state index contributed by atoms with van der Waals surface area (Å²) in [5.41, 5.74) is 5.67. The Balaban J connectivity index is 2.43. The first-order chi connectivity index (χ1) is 36.8. The summed E-state index contributed by atoms with van der Waals surface area (Å²) in [6, 6.07) is 0. The van der Waals surface area contributed by atoms with E-state index in [1.165, 1.54) is 0 Å². The Labute approximate surface area is 460 Å². The van der Waals surface area contributed by atoms with E-state index >= 15 is 0 Å². The summed E-state index contributed by atoms with van der Waals surface area (Å²) >= 11 is 0. The Kier molecular flexibility index (Phi) is 51.0. The predicted octanol–water partition coefficient (Wildman–Crippen LogP) is 14.7. The lowest BCUT2D eigenvalue weighted by molar-refractivity contribution is -0.159. The second-order valence-electron chi connectivity index (χ2n) is 20.6. The molecule has 1 saturated heterocycles. The highest BCUT2D eigenvalue weighted by Crippen LogP contribution is 2.18. The number of primary amides is 1. The molecule has 436 valence electrons. The van der Waals surface area contributed by atoms with Gasteiger partial charge in [-0.15, -0.1) is 0 Å². The molecule has 0 radical (unpaired) electrons. The van der Waals surface area contributed by atoms with Gasteiger partial charge in [-0.2, -0.15) is 0 Å². The lowest BCUT2D eigenvalue weighted by atomic mass is 9.97. The Hall–Kier alpha value is -2.87. The van der Waals surface area contributed by atoms with E-state index in [1.54, 1.807) is 0 Å². The van der Waals surface area contributed by atoms with Crippen molar-refractivity contribution < 1.29 is 42.8 Å². The molecule has 12 heteroatoms. The van der Waals surface area contributed by atoms with Crippen LogP contribution in [0.2, 0.25) is 0 Å². The van der Waals surface area contributed by atoms with Crippen molar-refractivity contribution in [2.75, 3.05) is 78.9 Å². The number of allylic oxidation sites excluding steroid dienone is 8. The van der Waals surface area contributed by atoms with Gasteiger partial charge >= 0.3 is 11.9 Å². The zero-order valence-electron chi connectivity index (χ0n) is 48.8. The average Bonchev–Trinajstić information content (AvgIpc) is 3.41. The summed E-state index contributed by atoms with van der Waals surface area (Å²) in [7, 11) is 0. The number of carbonyl (C=O) groups is 3. The van der Waals surface area contributed by atoms with Crippen molar-refractivity contribution >= 4 is 17.8 Å². The number of nitrogens with two attached hydrogens (primary N) is 1. The summed E-state index contributed by atoms with van der Waals surface area (Å²) < 4.78 is 35.6. The van der Waals surface area contributed by atoms with Crippen molar-refractivity contribution in [1.29, 1.82) is 0 Å². The Morgan fingerprint density at radius 2 is 0.840 bits per heavy atom. The molecule has 0 aromatic rings. The zero-order valence-corrected chi connectivity index (χ0v) is 48.8. The van der Waals surface area contributed by atoms with Gasteiger partial charge in [-0.25, -0.2) is 0 Å². The fourth-order valence-electron chi connectivity index (χ4n) is 9.15. The number of piperidine rings is 1. The molecule has 1 fully saturated rings. The van der Waals surface area contributed by atoms with Gasteiger partial charge in [-0.05, 0) is 180 Å². The molecule has 0 aliphatic carbocycles. The van der Waals surface area contributed by atoms with Crippen molar-refractivity contribution in [3.05, 3.63) is 48.6 Å². The van der Waals surface area contributed by atoms with Gasteiger partial charge in [0, 0.05) is 45.8 Å². The third-order valence-electron chi connectivity index (χ3n) is 13.7. The van der Waals surface area contributed by atoms with Gasteiger partial charge < -0.3 is 44.0 Å². The number of carbonyl (C=O) groups excluding carboxylic acids is 3. The fourth-order valence-corrected chi connectivity index (χ4v) is 9.15. The highest BCUT2D eigenvalue weighted by Gasteiger charge is 2.24. The lowest BCUT2D eigenvalue weighted by Crippen LogP contribution is -2.42. The summed E-state index contributed by atoms with van der Waals surface area (Å²) in [5.74, 6) is -0.528. The Morgan fingerprint density at radius 1 is 0.480 bits per heavy atom. The molecule has 75 heavy (non-hydrogen) atoms. The van der Waals surface area contributed by atoms with Gasteiger partial charge in [0.1, 0.15) is 0 Å². The average molecular weight is 1060 g/mol. The maximum absolute atomic E-state index is 12.7. The number of nitrogens with zero attached hydrogens (tertiary/aromatic N) is 2. The molecule has 1 aliphatic heterocycles. The SMILES string of the molecule is CC/C=C\CCCCOC(CCC(=O)OCCCCCCCN(CCCCCCCOC(=O)CCC(OCCCC/C=C\CC)OCCCC/C=C\CC)CCCN1CCCC(C(N)=O)C1)OCCCC/C=C\CC. The molecule has 0 bridgehead atoms. The molecule has 0 aromatic carbocycles. The van der Waals surface area contributed by atoms with Crippen LogP contribution in [0.4, 0.5) is 0 Å². The minimum Gasteiger partial charge on any atom is -0.466 e. The summed E-state index contributed by atoms with van der Waals surface area (Å²) in [5, 5.41) is 0. The van der Waals surface area contributed by atoms with Crippen molar-refractivity contribution in [3.63, 3.8) is 0 Å². The number of esters is 2. The molecule has 2 N–H and O–H groups in total. The third-order valence-corrected chi connectivity index (χ3v) is 13.7. The van der Waals surface area contributed by atoms with E-state index in [2.05, 4.69) is 86.1 Å². The summed E-state index contributed by atoms with van der Waals surface area (Å²) in [6.07, 6.45) is 49.3. The second-order valence-corrected chi connectivity index (χ2v) is 20.6. The molecule has 0 aromatic heterocycles. The smallest absolute Gasteiger partial charge is 0.305 e. The van der Waals surface area contributed by atoms with Gasteiger partial charge in [0.2, 0.25) is 5.91 Å². The highest BCUT2D eigenvalue weighted by atomic mass is 16.7. The highest BCUT2D eigenvalue weighted by molar-refractivity contribution is 5.77. The van der Waals surface area contributed by atoms with E-state index in [0.29, 0.717) is 65.3 Å². The maximum Gasteiger partial charge on any atom is 0.305 e. The van der Waals surface area contributed by atoms with Gasteiger partial charge in [-0.1, -0.05) is 115 Å². The lowest BCUT2D eigenvalue weighted by Gasteiger charge is -2.32. The molecular weight excluding hydrogens is 943 g/mol. The molecule has 12 nitrogen and oxygen atoms in total. The number of amides is 1. The number of rotatable bonds is 55. The third kappa shape index (κ3) is 46.9. The van der Waals surface area contributed by atoms with Crippen molar-refractivity contribution in [3.8, 4) is 0 Å². The van der Waals surface area contributed by atoms with Crippen LogP contribution in [0.5, 0.6) is 0 Å². The topological polar surface area (TPSA) is 139 Å². The van der Waals surface area contributed by atoms with E-state index < -0.39 is 0 Å². The number of likely N-dealkylation sites (tertiary alicyclic amines) is 1. The van der Waals surface area contributed by atoms with E-state index in [9.17, 15) is 14.4 Å². The largest absolute Gasteiger partial charge is 0.466 e. The normalized spacial score (nSPS) is 14.6. The molecular formula is C63H115N3O9. The van der Waals surface area contributed by atoms with Gasteiger partial charge in [-0.3, -0.25) is 14.4 Å². The Morgan fingerprint density at radius 3 is 1.23 bits per heavy atom. The van der Waals surface area contributed by atoms with Crippen LogP contribution < -0.4 is 5.73 Å². The Bertz CT molecular complexity index is 1290. The fraction of sp³-hybridized carbons (Fsp3) is 0.825. The van der Waals surface area contributed by atoms with Crippen LogP contribution in [0.3, 0.4) is 0 Å². The molecule has 1 heterocycles. The van der Waals surface area contributed by atoms with E-state index in [1.807, 2.05) is 0 Å². The monoisotopic (exact) mass is 1060 g/mol. The number of ether oxygens (including phenoxy) is 6. The van der Waals surface area contributed by atoms with Crippen LogP contribution in [-0.4, -0.2) is 119 Å². The van der Waals surface area contributed by atoms with Gasteiger partial charge in [0.25, 0.3) is 0 Å². The zero-order chi connectivity index (χ0) is 54.3. The molecule has 1 rings (SSSR count). The molecule has 1 atom stereocenters. The van der Waals surface area contributed by atoms with Crippen molar-refractivity contribution in [1.82, 2.24) is 9.80 Å². The number of unbranched alkanes of at least 4 members (excludes halogenated alkanes) is 16. The standard InChI is InChI=1S/C63H115N3O9/c1-5-9-13-17-25-35-53-72-61(73-54-36-26-18-14-10-6-2)44-42-59(67)70-51-33-29-21-23-31-46-65(49-40-50-66-48-39-41-58(57-66)63(64)69)47-32-24-22-30-34-52-71-60(68)43-45-62(74-55-37-27-19-15-11-7-3)75-56-38-28-20-16-12-8-4/h9-16,58,61-62H,5-8,17-57H2,1-4H3,(H2,64,69)/b13-9-,14-10-,15-11-,16-12-. The van der Waals surface area contributed by atoms with Crippen LogP contribution >= 0.6 is 0 Å². The van der Waals surface area contributed by atoms with Crippen LogP contribution in [0, 0.1) is 5.92 Å². The molecule has 0 spiro atoms. The number of hydrogen-bond donors (Lipinski definition) is 1. The molecule has 1 aliphatic rings. The summed E-state index contributed by atoms with van der Waals surface area (Å²) in [4.78, 5) is 42.3. The van der Waals surface area contributed by atoms with Crippen molar-refractivity contribution in [2.24, 2.45) is 11.7 Å². The van der Waals surface area contributed by atoms with E-state index in [0.717, 1.165) is 225 Å². The number of hydrogen-bond acceptors (Lipinski definition) is 11. The van der Waals surface area contributed by atoms with Crippen LogP contribution in [-0.2, 0) is 42.8 Å². The van der Waals surface area contributed by atoms with Crippen LogP contribution in [0.25, 0.3) is 0 Å². The van der Waals surface area contributed by atoms with E-state index in [4.69, 9.17) is 34.2 Å². The predicted molar refractivity (Wildman–Crippen MR) is 310 cm³/mol. The maximum atomic E-state index is 12.7. The van der Waals surface area contributed by atoms with Gasteiger partial charge in [0.15, 0.2) is 12.6 Å². The molecule has 1 unspecified atom stereocenters. The molecule has 1 amide bonds. The van der Waals surface area contributed by atoms with Gasteiger partial charge in [0.05, 0.1) is 32.0 Å². The first-order valence-corrected chi connectivity index (χ1v) is 30.9. The minimum absolute atomic E-state index is 0.0217. The van der Waals surface area contributed by atoms with Crippen LogP contribution in [0.15, 0.2) is 48.6 Å².